The van der Waals surface area contributed by atoms with Gasteiger partial charge in [0.05, 0.1) is 6.61 Å². The Labute approximate surface area is 173 Å². The van der Waals surface area contributed by atoms with Crippen LogP contribution >= 0.6 is 11.8 Å². The van der Waals surface area contributed by atoms with Crippen molar-refractivity contribution in [2.24, 2.45) is 17.8 Å². The smallest absolute Gasteiger partial charge is 0.332 e. The van der Waals surface area contributed by atoms with Crippen molar-refractivity contribution in [2.75, 3.05) is 18.1 Å². The Kier molecular flexibility index (Phi) is 4.89. The molecule has 0 saturated heterocycles. The van der Waals surface area contributed by atoms with Crippen molar-refractivity contribution in [3.8, 4) is 0 Å². The van der Waals surface area contributed by atoms with E-state index in [1.165, 1.54) is 36.7 Å². The second kappa shape index (κ2) is 7.30. The Balaban J connectivity index is 1.59. The molecule has 2 atom stereocenters. The Morgan fingerprint density at radius 2 is 1.90 bits per heavy atom. The minimum atomic E-state index is -0.264. The summed E-state index contributed by atoms with van der Waals surface area (Å²) >= 11 is 1.61. The highest BCUT2D eigenvalue weighted by Crippen LogP contribution is 2.64. The molecule has 0 aromatic carbocycles. The molecule has 2 unspecified atom stereocenters. The summed E-state index contributed by atoms with van der Waals surface area (Å²) in [5, 5.41) is 9.02. The van der Waals surface area contributed by atoms with Gasteiger partial charge in [-0.25, -0.2) is 9.78 Å². The maximum atomic E-state index is 13.1. The van der Waals surface area contributed by atoms with Crippen LogP contribution < -0.4 is 11.2 Å². The van der Waals surface area contributed by atoms with Crippen molar-refractivity contribution in [1.29, 1.82) is 0 Å². The van der Waals surface area contributed by atoms with E-state index in [1.54, 1.807) is 16.3 Å². The number of nitrogens with zero attached hydrogens (tertiary/aromatic N) is 3. The molecule has 29 heavy (non-hydrogen) atoms. The van der Waals surface area contributed by atoms with E-state index in [4.69, 9.17) is 10.1 Å². The summed E-state index contributed by atoms with van der Waals surface area (Å²) in [4.78, 5) is 34.5. The van der Waals surface area contributed by atoms with E-state index < -0.39 is 0 Å². The van der Waals surface area contributed by atoms with Gasteiger partial charge in [-0.15, -0.1) is 0 Å². The zero-order valence-corrected chi connectivity index (χ0v) is 17.8. The summed E-state index contributed by atoms with van der Waals surface area (Å²) in [6.07, 6.45) is 6.97. The number of hydrogen-bond acceptors (Lipinski definition) is 5. The van der Waals surface area contributed by atoms with Crippen LogP contribution in [0.4, 0.5) is 0 Å². The van der Waals surface area contributed by atoms with Crippen LogP contribution in [0.25, 0.3) is 11.2 Å². The van der Waals surface area contributed by atoms with E-state index >= 15 is 0 Å². The number of thioether (sulfide) groups is 1. The van der Waals surface area contributed by atoms with Crippen LogP contribution in [0.3, 0.4) is 0 Å². The summed E-state index contributed by atoms with van der Waals surface area (Å²) < 4.78 is 3.03. The number of aromatic nitrogens is 4. The summed E-state index contributed by atoms with van der Waals surface area (Å²) in [5.41, 5.74) is 0.572. The molecule has 4 aliphatic rings. The number of aliphatic hydroxyl groups is 1. The molecule has 0 spiro atoms. The van der Waals surface area contributed by atoms with Gasteiger partial charge in [0.2, 0.25) is 0 Å². The third-order valence-corrected chi connectivity index (χ3v) is 8.37. The molecular formula is C21H30N4O3S. The van der Waals surface area contributed by atoms with Gasteiger partial charge in [0.1, 0.15) is 11.3 Å². The molecular weight excluding hydrogens is 388 g/mol. The number of fused-ring (bicyclic) bond motifs is 1. The minimum absolute atomic E-state index is 0.0735. The molecule has 158 valence electrons. The van der Waals surface area contributed by atoms with Gasteiger partial charge in [-0.1, -0.05) is 6.92 Å². The molecule has 4 saturated carbocycles. The number of nitrogens with one attached hydrogen (secondary N) is 1. The average molecular weight is 419 g/mol. The van der Waals surface area contributed by atoms with Gasteiger partial charge in [0.15, 0.2) is 5.65 Å². The largest absolute Gasteiger partial charge is 0.396 e. The maximum Gasteiger partial charge on any atom is 0.332 e. The topological polar surface area (TPSA) is 92.9 Å². The molecule has 4 bridgehead atoms. The van der Waals surface area contributed by atoms with E-state index in [0.29, 0.717) is 35.8 Å². The SMILES string of the molecule is CCCn1c(=O)c2[nH]c(C34CC5CC(C3)C(C5)C4)nc2n(CCSCCO)c1=O. The van der Waals surface area contributed by atoms with Gasteiger partial charge in [0, 0.05) is 30.0 Å². The first-order valence-corrected chi connectivity index (χ1v) is 12.1. The van der Waals surface area contributed by atoms with Gasteiger partial charge in [-0.2, -0.15) is 11.8 Å². The van der Waals surface area contributed by atoms with Gasteiger partial charge >= 0.3 is 5.69 Å². The van der Waals surface area contributed by atoms with E-state index in [0.717, 1.165) is 30.0 Å². The van der Waals surface area contributed by atoms with E-state index in [2.05, 4.69) is 4.98 Å². The van der Waals surface area contributed by atoms with Gasteiger partial charge in [-0.3, -0.25) is 13.9 Å². The average Bonchev–Trinajstić information content (AvgIpc) is 3.34. The van der Waals surface area contributed by atoms with Crippen molar-refractivity contribution in [3.05, 3.63) is 26.7 Å². The lowest BCUT2D eigenvalue weighted by molar-refractivity contribution is 0.220. The Morgan fingerprint density at radius 1 is 1.14 bits per heavy atom. The van der Waals surface area contributed by atoms with Crippen LogP contribution in [-0.4, -0.2) is 42.3 Å². The maximum absolute atomic E-state index is 13.1. The normalized spacial score (nSPS) is 30.1. The molecule has 4 aliphatic carbocycles. The first kappa shape index (κ1) is 19.4. The first-order chi connectivity index (χ1) is 14.1. The van der Waals surface area contributed by atoms with Gasteiger partial charge < -0.3 is 10.1 Å². The monoisotopic (exact) mass is 418 g/mol. The summed E-state index contributed by atoms with van der Waals surface area (Å²) in [5.74, 6) is 4.72. The van der Waals surface area contributed by atoms with E-state index in [9.17, 15) is 9.59 Å². The van der Waals surface area contributed by atoms with Crippen molar-refractivity contribution in [2.45, 2.75) is 64.0 Å². The second-order valence-corrected chi connectivity index (χ2v) is 10.5. The predicted octanol–water partition coefficient (Wildman–Crippen LogP) is 2.10. The fraction of sp³-hybridized carbons (Fsp3) is 0.762. The molecule has 2 aromatic rings. The molecule has 4 fully saturated rings. The Morgan fingerprint density at radius 3 is 2.55 bits per heavy atom. The molecule has 6 rings (SSSR count). The zero-order chi connectivity index (χ0) is 20.2. The van der Waals surface area contributed by atoms with Crippen molar-refractivity contribution >= 4 is 22.9 Å². The Hall–Kier alpha value is -1.54. The highest BCUT2D eigenvalue weighted by atomic mass is 32.2. The Bertz CT molecular complexity index is 1020. The fourth-order valence-corrected chi connectivity index (χ4v) is 7.11. The second-order valence-electron chi connectivity index (χ2n) is 9.26. The third kappa shape index (κ3) is 3.02. The fourth-order valence-electron chi connectivity index (χ4n) is 6.46. The van der Waals surface area contributed by atoms with E-state index in [1.807, 2.05) is 6.92 Å². The van der Waals surface area contributed by atoms with Crippen LogP contribution in [0.1, 0.15) is 51.3 Å². The molecule has 2 aromatic heterocycles. The lowest BCUT2D eigenvalue weighted by atomic mass is 9.69. The summed E-state index contributed by atoms with van der Waals surface area (Å²) in [6.45, 7) is 3.02. The van der Waals surface area contributed by atoms with Crippen LogP contribution in [-0.2, 0) is 18.5 Å². The van der Waals surface area contributed by atoms with Gasteiger partial charge in [0.25, 0.3) is 5.56 Å². The number of aryl methyl sites for hydroxylation is 1. The van der Waals surface area contributed by atoms with E-state index in [-0.39, 0.29) is 23.3 Å². The minimum Gasteiger partial charge on any atom is -0.396 e. The number of imidazole rings is 1. The molecule has 8 heteroatoms. The molecule has 0 amide bonds. The zero-order valence-electron chi connectivity index (χ0n) is 17.0. The number of rotatable bonds is 8. The highest BCUT2D eigenvalue weighted by molar-refractivity contribution is 7.99. The van der Waals surface area contributed by atoms with Crippen LogP contribution in [0, 0.1) is 17.8 Å². The first-order valence-electron chi connectivity index (χ1n) is 11.0. The highest BCUT2D eigenvalue weighted by Gasteiger charge is 2.57. The van der Waals surface area contributed by atoms with Crippen LogP contribution in [0.15, 0.2) is 9.59 Å². The van der Waals surface area contributed by atoms with Gasteiger partial charge in [-0.05, 0) is 56.3 Å². The number of aromatic amines is 1. The van der Waals surface area contributed by atoms with Crippen molar-refractivity contribution in [3.63, 3.8) is 0 Å². The van der Waals surface area contributed by atoms with Crippen molar-refractivity contribution < 1.29 is 5.11 Å². The number of H-pyrrole nitrogens is 1. The number of hydrogen-bond donors (Lipinski definition) is 2. The predicted molar refractivity (Wildman–Crippen MR) is 115 cm³/mol. The standard InChI is InChI=1S/C21H30N4O3S/c1-2-3-25-18(27)16-17(24(20(25)28)4-6-29-7-5-26)23-19(22-16)21-10-13-8-14(11-21)15(9-13)12-21/h13-15,26H,2-12H2,1H3,(H,22,23). The molecule has 2 N–H and O–H groups in total. The summed E-state index contributed by atoms with van der Waals surface area (Å²) in [7, 11) is 0. The lowest BCUT2D eigenvalue weighted by Crippen LogP contribution is -2.40. The third-order valence-electron chi connectivity index (χ3n) is 7.43. The molecule has 7 nitrogen and oxygen atoms in total. The molecule has 0 aliphatic heterocycles. The quantitative estimate of drug-likeness (QED) is 0.641. The molecule has 0 radical (unpaired) electrons. The number of aliphatic hydroxyl groups excluding tert-OH is 1. The molecule has 2 heterocycles. The van der Waals surface area contributed by atoms with Crippen LogP contribution in [0.2, 0.25) is 0 Å². The van der Waals surface area contributed by atoms with Crippen LogP contribution in [0.5, 0.6) is 0 Å². The lowest BCUT2D eigenvalue weighted by Gasteiger charge is -2.36. The van der Waals surface area contributed by atoms with Crippen molar-refractivity contribution in [1.82, 2.24) is 19.1 Å². The summed E-state index contributed by atoms with van der Waals surface area (Å²) in [6, 6.07) is 0.